The summed E-state index contributed by atoms with van der Waals surface area (Å²) in [5.74, 6) is 1.96. The number of amides is 1. The predicted molar refractivity (Wildman–Crippen MR) is 123 cm³/mol. The highest BCUT2D eigenvalue weighted by molar-refractivity contribution is 7.20. The van der Waals surface area contributed by atoms with E-state index in [1.807, 2.05) is 43.3 Å². The van der Waals surface area contributed by atoms with Gasteiger partial charge in [-0.05, 0) is 36.8 Å². The summed E-state index contributed by atoms with van der Waals surface area (Å²) < 4.78 is 19.3. The summed E-state index contributed by atoms with van der Waals surface area (Å²) >= 11 is 1.53. The number of fused-ring (bicyclic) bond motifs is 2. The second-order valence-corrected chi connectivity index (χ2v) is 8.50. The smallest absolute Gasteiger partial charge is 0.226 e. The maximum absolute atomic E-state index is 12.8. The van der Waals surface area contributed by atoms with Crippen LogP contribution < -0.4 is 19.5 Å². The molecule has 1 unspecified atom stereocenters. The van der Waals surface area contributed by atoms with Crippen molar-refractivity contribution in [2.24, 2.45) is 0 Å². The number of aromatic nitrogens is 3. The van der Waals surface area contributed by atoms with Crippen molar-refractivity contribution < 1.29 is 19.0 Å². The average Bonchev–Trinajstić information content (AvgIpc) is 3.38. The van der Waals surface area contributed by atoms with Gasteiger partial charge in [-0.3, -0.25) is 4.79 Å². The number of hydrogen-bond donors (Lipinski definition) is 1. The first-order chi connectivity index (χ1) is 15.5. The summed E-state index contributed by atoms with van der Waals surface area (Å²) in [6.07, 6.45) is 0.290. The van der Waals surface area contributed by atoms with Gasteiger partial charge in [0.2, 0.25) is 16.8 Å². The second kappa shape index (κ2) is 7.83. The Morgan fingerprint density at radius 1 is 1.09 bits per heavy atom. The van der Waals surface area contributed by atoms with Crippen LogP contribution >= 0.6 is 11.3 Å². The Hall–Kier alpha value is -3.59. The number of para-hydroxylation sites is 1. The zero-order chi connectivity index (χ0) is 22.4. The van der Waals surface area contributed by atoms with Crippen LogP contribution in [0.4, 0.5) is 5.82 Å². The van der Waals surface area contributed by atoms with E-state index >= 15 is 0 Å². The Balaban J connectivity index is 1.67. The van der Waals surface area contributed by atoms with Gasteiger partial charge in [0.25, 0.3) is 0 Å². The molecule has 0 bridgehead atoms. The van der Waals surface area contributed by atoms with Crippen LogP contribution in [0, 0.1) is 6.92 Å². The predicted octanol–water partition coefficient (Wildman–Crippen LogP) is 4.29. The molecule has 0 fully saturated rings. The number of hydrogen-bond acceptors (Lipinski definition) is 7. The number of thiazole rings is 1. The van der Waals surface area contributed by atoms with Crippen molar-refractivity contribution >= 4 is 33.3 Å². The molecule has 5 rings (SSSR count). The van der Waals surface area contributed by atoms with Gasteiger partial charge in [-0.1, -0.05) is 23.5 Å². The fourth-order valence-electron chi connectivity index (χ4n) is 4.22. The highest BCUT2D eigenvalue weighted by Crippen LogP contribution is 2.46. The molecule has 3 heterocycles. The number of benzene rings is 2. The molecule has 0 saturated carbocycles. The monoisotopic (exact) mass is 450 g/mol. The number of nitrogens with zero attached hydrogens (tertiary/aromatic N) is 3. The van der Waals surface area contributed by atoms with E-state index in [0.29, 0.717) is 28.2 Å². The number of ether oxygens (including phenoxy) is 3. The quantitative estimate of drug-likeness (QED) is 0.488. The highest BCUT2D eigenvalue weighted by atomic mass is 32.1. The molecule has 2 aromatic carbocycles. The summed E-state index contributed by atoms with van der Waals surface area (Å²) in [4.78, 5) is 17.5. The van der Waals surface area contributed by atoms with Crippen molar-refractivity contribution in [2.75, 3.05) is 26.6 Å². The standard InChI is InChI=1S/C23H22N4O4S/c1-12-20-14(13-9-16(29-2)21(31-4)17(10-13)30-3)11-19(28)25-22(20)27(26-12)23-24-15-7-5-6-8-18(15)32-23/h5-10,14H,11H2,1-4H3,(H,25,28). The van der Waals surface area contributed by atoms with Crippen molar-refractivity contribution in [1.29, 1.82) is 0 Å². The normalized spacial score (nSPS) is 15.4. The molecule has 164 valence electrons. The Labute approximate surface area is 188 Å². The zero-order valence-electron chi connectivity index (χ0n) is 18.1. The van der Waals surface area contributed by atoms with E-state index in [1.165, 1.54) is 11.3 Å². The second-order valence-electron chi connectivity index (χ2n) is 7.49. The van der Waals surface area contributed by atoms with Gasteiger partial charge in [0, 0.05) is 17.9 Å². The van der Waals surface area contributed by atoms with Crippen LogP contribution in [-0.4, -0.2) is 42.0 Å². The largest absolute Gasteiger partial charge is 0.493 e. The molecule has 1 amide bonds. The Morgan fingerprint density at radius 3 is 2.47 bits per heavy atom. The van der Waals surface area contributed by atoms with Crippen LogP contribution in [0.25, 0.3) is 15.3 Å². The van der Waals surface area contributed by atoms with Crippen molar-refractivity contribution in [2.45, 2.75) is 19.3 Å². The van der Waals surface area contributed by atoms with Crippen LogP contribution in [0.3, 0.4) is 0 Å². The van der Waals surface area contributed by atoms with Gasteiger partial charge >= 0.3 is 0 Å². The lowest BCUT2D eigenvalue weighted by molar-refractivity contribution is -0.116. The van der Waals surface area contributed by atoms with Gasteiger partial charge in [-0.25, -0.2) is 4.98 Å². The van der Waals surface area contributed by atoms with E-state index in [2.05, 4.69) is 5.32 Å². The first-order valence-electron chi connectivity index (χ1n) is 10.1. The molecule has 0 saturated heterocycles. The van der Waals surface area contributed by atoms with Gasteiger partial charge in [-0.2, -0.15) is 9.78 Å². The maximum atomic E-state index is 12.8. The molecule has 1 atom stereocenters. The summed E-state index contributed by atoms with van der Waals surface area (Å²) in [6.45, 7) is 1.95. The minimum Gasteiger partial charge on any atom is -0.493 e. The lowest BCUT2D eigenvalue weighted by Gasteiger charge is -2.25. The molecule has 1 aliphatic rings. The molecule has 9 heteroatoms. The topological polar surface area (TPSA) is 87.5 Å². The molecular weight excluding hydrogens is 428 g/mol. The number of aryl methyl sites for hydroxylation is 1. The molecule has 8 nitrogen and oxygen atoms in total. The third kappa shape index (κ3) is 3.16. The van der Waals surface area contributed by atoms with Gasteiger partial charge < -0.3 is 19.5 Å². The van der Waals surface area contributed by atoms with Crippen LogP contribution in [0.15, 0.2) is 36.4 Å². The summed E-state index contributed by atoms with van der Waals surface area (Å²) in [7, 11) is 4.73. The summed E-state index contributed by atoms with van der Waals surface area (Å²) in [5.41, 5.74) is 3.58. The molecule has 1 aliphatic heterocycles. The van der Waals surface area contributed by atoms with E-state index in [9.17, 15) is 4.79 Å². The third-order valence-corrected chi connectivity index (χ3v) is 6.67. The lowest BCUT2D eigenvalue weighted by Crippen LogP contribution is -2.25. The minimum atomic E-state index is -0.212. The van der Waals surface area contributed by atoms with Crippen molar-refractivity contribution in [1.82, 2.24) is 14.8 Å². The molecule has 4 aromatic rings. The Morgan fingerprint density at radius 2 is 1.81 bits per heavy atom. The van der Waals surface area contributed by atoms with Gasteiger partial charge in [0.1, 0.15) is 5.82 Å². The SMILES string of the molecule is COc1cc(C2CC(=O)Nc3c2c(C)nn3-c2nc3ccccc3s2)cc(OC)c1OC. The van der Waals surface area contributed by atoms with Crippen LogP contribution in [0.2, 0.25) is 0 Å². The van der Waals surface area contributed by atoms with Gasteiger partial charge in [-0.15, -0.1) is 0 Å². The van der Waals surface area contributed by atoms with Crippen molar-refractivity contribution in [3.63, 3.8) is 0 Å². The van der Waals surface area contributed by atoms with E-state index < -0.39 is 0 Å². The number of methoxy groups -OCH3 is 3. The van der Waals surface area contributed by atoms with Crippen molar-refractivity contribution in [3.05, 3.63) is 53.2 Å². The molecule has 0 aliphatic carbocycles. The van der Waals surface area contributed by atoms with E-state index in [-0.39, 0.29) is 18.2 Å². The van der Waals surface area contributed by atoms with Crippen molar-refractivity contribution in [3.8, 4) is 22.4 Å². The summed E-state index contributed by atoms with van der Waals surface area (Å²) in [6, 6.07) is 11.7. The lowest BCUT2D eigenvalue weighted by atomic mass is 9.85. The molecule has 0 radical (unpaired) electrons. The van der Waals surface area contributed by atoms with E-state index in [1.54, 1.807) is 26.0 Å². The molecule has 0 spiro atoms. The Kier molecular flexibility index (Phi) is 4.97. The highest BCUT2D eigenvalue weighted by Gasteiger charge is 2.34. The number of anilines is 1. The zero-order valence-corrected chi connectivity index (χ0v) is 18.9. The van der Waals surface area contributed by atoms with Gasteiger partial charge in [0.05, 0.1) is 37.2 Å². The molecule has 32 heavy (non-hydrogen) atoms. The van der Waals surface area contributed by atoms with Gasteiger partial charge in [0.15, 0.2) is 11.5 Å². The number of carbonyl (C=O) groups excluding carboxylic acids is 1. The molecule has 2 aromatic heterocycles. The Bertz CT molecular complexity index is 1290. The first kappa shape index (κ1) is 20.3. The van der Waals surface area contributed by atoms with E-state index in [4.69, 9.17) is 24.3 Å². The minimum absolute atomic E-state index is 0.0847. The molecule has 1 N–H and O–H groups in total. The fraction of sp³-hybridized carbons (Fsp3) is 0.261. The van der Waals surface area contributed by atoms with Crippen LogP contribution in [0.5, 0.6) is 17.2 Å². The van der Waals surface area contributed by atoms with Crippen LogP contribution in [-0.2, 0) is 4.79 Å². The number of rotatable bonds is 5. The number of carbonyl (C=O) groups is 1. The molecular formula is C23H22N4O4S. The first-order valence-corrected chi connectivity index (χ1v) is 10.9. The summed E-state index contributed by atoms with van der Waals surface area (Å²) in [5, 5.41) is 8.47. The average molecular weight is 451 g/mol. The maximum Gasteiger partial charge on any atom is 0.226 e. The van der Waals surface area contributed by atoms with Crippen LogP contribution in [0.1, 0.15) is 29.2 Å². The fourth-order valence-corrected chi connectivity index (χ4v) is 5.15. The van der Waals surface area contributed by atoms with E-state index in [0.717, 1.165) is 27.0 Å². The third-order valence-electron chi connectivity index (χ3n) is 5.66. The number of nitrogens with one attached hydrogen (secondary N) is 1.